The van der Waals surface area contributed by atoms with E-state index in [0.29, 0.717) is 13.0 Å². The van der Waals surface area contributed by atoms with Crippen molar-refractivity contribution in [2.45, 2.75) is 32.7 Å². The average molecular weight is 242 g/mol. The minimum Gasteiger partial charge on any atom is -0.327 e. The largest absolute Gasteiger partial charge is 0.327 e. The maximum Gasteiger partial charge on any atom is 0.156 e. The summed E-state index contributed by atoms with van der Waals surface area (Å²) in [5.41, 5.74) is 1.07. The summed E-state index contributed by atoms with van der Waals surface area (Å²) < 4.78 is 1.95. The Morgan fingerprint density at radius 3 is 2.78 bits per heavy atom. The molecule has 2 rings (SSSR count). The van der Waals surface area contributed by atoms with Crippen molar-refractivity contribution in [3.05, 3.63) is 54.1 Å². The predicted octanol–water partition coefficient (Wildman–Crippen LogP) is 2.65. The molecule has 0 aliphatic heterocycles. The predicted molar refractivity (Wildman–Crippen MR) is 71.4 cm³/mol. The van der Waals surface area contributed by atoms with Gasteiger partial charge < -0.3 is 4.57 Å². The van der Waals surface area contributed by atoms with Gasteiger partial charge in [0.05, 0.1) is 6.54 Å². The van der Waals surface area contributed by atoms with Crippen molar-refractivity contribution in [2.24, 2.45) is 0 Å². The molecule has 0 radical (unpaired) electrons. The maximum atomic E-state index is 12.0. The van der Waals surface area contributed by atoms with Crippen molar-refractivity contribution < 1.29 is 4.79 Å². The van der Waals surface area contributed by atoms with E-state index >= 15 is 0 Å². The van der Waals surface area contributed by atoms with Crippen LogP contribution in [0.25, 0.3) is 0 Å². The van der Waals surface area contributed by atoms with Crippen LogP contribution in [0.3, 0.4) is 0 Å². The molecule has 0 bridgehead atoms. The number of benzene rings is 1. The average Bonchev–Trinajstić information content (AvgIpc) is 2.78. The van der Waals surface area contributed by atoms with E-state index in [1.165, 1.54) is 0 Å². The van der Waals surface area contributed by atoms with E-state index in [1.54, 1.807) is 6.20 Å². The number of hydrogen-bond acceptors (Lipinski definition) is 2. The molecule has 2 aromatic rings. The lowest BCUT2D eigenvalue weighted by Gasteiger charge is -2.06. The Labute approximate surface area is 107 Å². The van der Waals surface area contributed by atoms with Gasteiger partial charge in [0.2, 0.25) is 0 Å². The van der Waals surface area contributed by atoms with E-state index in [2.05, 4.69) is 11.9 Å². The SMILES string of the molecule is CCCc1nccn1CC(=O)Cc1ccccc1. The number of nitrogens with zero attached hydrogens (tertiary/aromatic N) is 2. The van der Waals surface area contributed by atoms with Crippen LogP contribution >= 0.6 is 0 Å². The first-order valence-corrected chi connectivity index (χ1v) is 6.35. The van der Waals surface area contributed by atoms with Crippen LogP contribution in [0.2, 0.25) is 0 Å². The molecular formula is C15H18N2O. The number of aromatic nitrogens is 2. The summed E-state index contributed by atoms with van der Waals surface area (Å²) in [7, 11) is 0. The molecule has 0 saturated heterocycles. The standard InChI is InChI=1S/C15H18N2O/c1-2-6-15-16-9-10-17(15)12-14(18)11-13-7-4-3-5-8-13/h3-5,7-10H,2,6,11-12H2,1H3. The summed E-state index contributed by atoms with van der Waals surface area (Å²) in [6.45, 7) is 2.54. The normalized spacial score (nSPS) is 10.5. The lowest BCUT2D eigenvalue weighted by Crippen LogP contribution is -2.14. The van der Waals surface area contributed by atoms with Crippen LogP contribution in [-0.2, 0) is 24.2 Å². The Kier molecular flexibility index (Phi) is 4.29. The van der Waals surface area contributed by atoms with E-state index in [-0.39, 0.29) is 5.78 Å². The molecule has 3 heteroatoms. The minimum absolute atomic E-state index is 0.219. The van der Waals surface area contributed by atoms with E-state index in [9.17, 15) is 4.79 Å². The molecule has 0 spiro atoms. The van der Waals surface area contributed by atoms with Gasteiger partial charge in [0.15, 0.2) is 5.78 Å². The molecule has 0 amide bonds. The molecule has 0 atom stereocenters. The first-order chi connectivity index (χ1) is 8.79. The summed E-state index contributed by atoms with van der Waals surface area (Å²) in [6.07, 6.45) is 6.11. The molecule has 1 aromatic carbocycles. The second-order valence-electron chi connectivity index (χ2n) is 4.42. The second kappa shape index (κ2) is 6.15. The number of imidazole rings is 1. The van der Waals surface area contributed by atoms with Crippen molar-refractivity contribution >= 4 is 5.78 Å². The summed E-state index contributed by atoms with van der Waals surface area (Å²) in [5, 5.41) is 0. The first kappa shape index (κ1) is 12.6. The number of hydrogen-bond donors (Lipinski definition) is 0. The van der Waals surface area contributed by atoms with Gasteiger partial charge >= 0.3 is 0 Å². The molecule has 0 aliphatic rings. The maximum absolute atomic E-state index is 12.0. The zero-order chi connectivity index (χ0) is 12.8. The first-order valence-electron chi connectivity index (χ1n) is 6.35. The summed E-state index contributed by atoms with van der Waals surface area (Å²) in [6, 6.07) is 9.85. The van der Waals surface area contributed by atoms with Crippen molar-refractivity contribution in [3.8, 4) is 0 Å². The molecule has 1 heterocycles. The van der Waals surface area contributed by atoms with Crippen LogP contribution in [0.4, 0.5) is 0 Å². The Morgan fingerprint density at radius 2 is 2.06 bits per heavy atom. The molecule has 18 heavy (non-hydrogen) atoms. The molecule has 94 valence electrons. The third kappa shape index (κ3) is 3.29. The van der Waals surface area contributed by atoms with E-state index in [0.717, 1.165) is 24.2 Å². The highest BCUT2D eigenvalue weighted by Gasteiger charge is 2.07. The van der Waals surface area contributed by atoms with E-state index in [4.69, 9.17) is 0 Å². The molecule has 0 N–H and O–H groups in total. The molecule has 0 aliphatic carbocycles. The van der Waals surface area contributed by atoms with Crippen molar-refractivity contribution in [1.82, 2.24) is 9.55 Å². The fourth-order valence-electron chi connectivity index (χ4n) is 2.01. The van der Waals surface area contributed by atoms with Gasteiger partial charge in [-0.15, -0.1) is 0 Å². The van der Waals surface area contributed by atoms with Gasteiger partial charge in [-0.1, -0.05) is 37.3 Å². The molecule has 0 unspecified atom stereocenters. The number of rotatable bonds is 6. The van der Waals surface area contributed by atoms with Crippen LogP contribution in [0.1, 0.15) is 24.7 Å². The van der Waals surface area contributed by atoms with Gasteiger partial charge in [0.1, 0.15) is 5.82 Å². The highest BCUT2D eigenvalue weighted by Crippen LogP contribution is 2.05. The van der Waals surface area contributed by atoms with Gasteiger partial charge in [-0.2, -0.15) is 0 Å². The van der Waals surface area contributed by atoms with Crippen LogP contribution in [0.15, 0.2) is 42.7 Å². The monoisotopic (exact) mass is 242 g/mol. The van der Waals surface area contributed by atoms with Gasteiger partial charge in [-0.05, 0) is 12.0 Å². The number of aryl methyl sites for hydroxylation is 1. The minimum atomic E-state index is 0.219. The quantitative estimate of drug-likeness (QED) is 0.780. The van der Waals surface area contributed by atoms with Crippen LogP contribution in [0.5, 0.6) is 0 Å². The van der Waals surface area contributed by atoms with E-state index < -0.39 is 0 Å². The van der Waals surface area contributed by atoms with Gasteiger partial charge in [-0.25, -0.2) is 4.98 Å². The Bertz CT molecular complexity index is 502. The molecule has 1 aromatic heterocycles. The summed E-state index contributed by atoms with van der Waals surface area (Å²) in [4.78, 5) is 16.3. The van der Waals surface area contributed by atoms with Crippen molar-refractivity contribution in [3.63, 3.8) is 0 Å². The Hall–Kier alpha value is -1.90. The highest BCUT2D eigenvalue weighted by atomic mass is 16.1. The molecule has 0 fully saturated rings. The molecule has 3 nitrogen and oxygen atoms in total. The van der Waals surface area contributed by atoms with Crippen LogP contribution in [0, 0.1) is 0 Å². The smallest absolute Gasteiger partial charge is 0.156 e. The Morgan fingerprint density at radius 1 is 1.28 bits per heavy atom. The molecule has 0 saturated carbocycles. The van der Waals surface area contributed by atoms with Crippen LogP contribution < -0.4 is 0 Å². The van der Waals surface area contributed by atoms with E-state index in [1.807, 2.05) is 41.1 Å². The molecular weight excluding hydrogens is 224 g/mol. The highest BCUT2D eigenvalue weighted by molar-refractivity contribution is 5.80. The summed E-state index contributed by atoms with van der Waals surface area (Å²) >= 11 is 0. The lowest BCUT2D eigenvalue weighted by atomic mass is 10.1. The zero-order valence-electron chi connectivity index (χ0n) is 10.7. The lowest BCUT2D eigenvalue weighted by molar-refractivity contribution is -0.119. The third-order valence-electron chi connectivity index (χ3n) is 2.87. The van der Waals surface area contributed by atoms with Gasteiger partial charge in [0.25, 0.3) is 0 Å². The number of carbonyl (C=O) groups is 1. The van der Waals surface area contributed by atoms with Crippen molar-refractivity contribution in [2.75, 3.05) is 0 Å². The number of ketones is 1. The van der Waals surface area contributed by atoms with Gasteiger partial charge in [-0.3, -0.25) is 4.79 Å². The van der Waals surface area contributed by atoms with Gasteiger partial charge in [0, 0.05) is 25.2 Å². The zero-order valence-corrected chi connectivity index (χ0v) is 10.7. The topological polar surface area (TPSA) is 34.9 Å². The van der Waals surface area contributed by atoms with Crippen LogP contribution in [-0.4, -0.2) is 15.3 Å². The number of carbonyl (C=O) groups excluding carboxylic acids is 1. The fourth-order valence-corrected chi connectivity index (χ4v) is 2.01. The number of Topliss-reactive ketones (excluding diaryl/α,β-unsaturated/α-hetero) is 1. The van der Waals surface area contributed by atoms with Crippen molar-refractivity contribution in [1.29, 1.82) is 0 Å². The third-order valence-corrected chi connectivity index (χ3v) is 2.87. The summed E-state index contributed by atoms with van der Waals surface area (Å²) in [5.74, 6) is 1.22. The second-order valence-corrected chi connectivity index (χ2v) is 4.42. The fraction of sp³-hybridized carbons (Fsp3) is 0.333. The Balaban J connectivity index is 1.97.